The van der Waals surface area contributed by atoms with E-state index >= 15 is 0 Å². The maximum absolute atomic E-state index is 13.3. The number of carbonyl (C=O) groups excluding carboxylic acids is 1. The molecule has 0 radical (unpaired) electrons. The molecule has 2 aliphatic carbocycles. The molecule has 0 spiro atoms. The van der Waals surface area contributed by atoms with Crippen molar-refractivity contribution in [1.29, 1.82) is 0 Å². The number of piperidine rings is 1. The fourth-order valence-electron chi connectivity index (χ4n) is 5.20. The molecule has 2 saturated carbocycles. The fourth-order valence-corrected chi connectivity index (χ4v) is 6.15. The van der Waals surface area contributed by atoms with Gasteiger partial charge in [0.05, 0.1) is 6.04 Å². The summed E-state index contributed by atoms with van der Waals surface area (Å²) in [6.45, 7) is 2.94. The van der Waals surface area contributed by atoms with Crippen molar-refractivity contribution in [2.45, 2.75) is 70.4 Å². The molecule has 3 unspecified atom stereocenters. The van der Waals surface area contributed by atoms with Gasteiger partial charge in [0.2, 0.25) is 5.91 Å². The number of likely N-dealkylation sites (tertiary alicyclic amines) is 1. The van der Waals surface area contributed by atoms with Crippen LogP contribution in [0.25, 0.3) is 0 Å². The van der Waals surface area contributed by atoms with Gasteiger partial charge in [-0.25, -0.2) is 4.98 Å². The Morgan fingerprint density at radius 1 is 1.21 bits per heavy atom. The smallest absolute Gasteiger partial charge is 0.226 e. The molecule has 3 aliphatic rings. The average molecular weight is 348 g/mol. The van der Waals surface area contributed by atoms with Crippen LogP contribution in [0.2, 0.25) is 0 Å². The van der Waals surface area contributed by atoms with E-state index in [1.807, 2.05) is 6.92 Å². The zero-order valence-electron chi connectivity index (χ0n) is 14.6. The summed E-state index contributed by atoms with van der Waals surface area (Å²) in [5.41, 5.74) is 7.49. The molecule has 1 aromatic heterocycles. The van der Waals surface area contributed by atoms with Crippen molar-refractivity contribution in [2.24, 2.45) is 23.5 Å². The van der Waals surface area contributed by atoms with Crippen molar-refractivity contribution in [3.63, 3.8) is 0 Å². The largest absolute Gasteiger partial charge is 0.333 e. The standard InChI is InChI=1S/C19H29N3OS/c1-12-11-24-18(21-12)16-7-2-3-8-22(16)19(23)15-9-13-5-4-6-14(10-15)17(13)20/h11,13-17H,2-10,20H2,1H3. The summed E-state index contributed by atoms with van der Waals surface area (Å²) >= 11 is 1.72. The number of nitrogens with zero attached hydrogens (tertiary/aromatic N) is 2. The lowest BCUT2D eigenvalue weighted by Crippen LogP contribution is -2.50. The number of aryl methyl sites for hydroxylation is 1. The molecule has 1 aliphatic heterocycles. The van der Waals surface area contributed by atoms with Gasteiger partial charge in [-0.05, 0) is 63.7 Å². The zero-order chi connectivity index (χ0) is 16.7. The minimum Gasteiger partial charge on any atom is -0.333 e. The summed E-state index contributed by atoms with van der Waals surface area (Å²) in [5, 5.41) is 3.24. The van der Waals surface area contributed by atoms with Crippen LogP contribution >= 0.6 is 11.3 Å². The summed E-state index contributed by atoms with van der Waals surface area (Å²) in [6.07, 6.45) is 9.16. The van der Waals surface area contributed by atoms with Crippen LogP contribution in [-0.2, 0) is 4.79 Å². The molecule has 4 nitrogen and oxygen atoms in total. The van der Waals surface area contributed by atoms with E-state index < -0.39 is 0 Å². The van der Waals surface area contributed by atoms with Gasteiger partial charge in [0, 0.05) is 29.6 Å². The third kappa shape index (κ3) is 3.01. The van der Waals surface area contributed by atoms with E-state index in [4.69, 9.17) is 5.73 Å². The highest BCUT2D eigenvalue weighted by molar-refractivity contribution is 7.09. The first-order valence-corrected chi connectivity index (χ1v) is 10.5. The Balaban J connectivity index is 1.51. The number of thiazole rings is 1. The van der Waals surface area contributed by atoms with Crippen LogP contribution < -0.4 is 5.73 Å². The first kappa shape index (κ1) is 16.5. The van der Waals surface area contributed by atoms with Gasteiger partial charge in [0.15, 0.2) is 0 Å². The molecule has 2 N–H and O–H groups in total. The maximum Gasteiger partial charge on any atom is 0.226 e. The van der Waals surface area contributed by atoms with Crippen LogP contribution in [0.3, 0.4) is 0 Å². The quantitative estimate of drug-likeness (QED) is 0.888. The van der Waals surface area contributed by atoms with Crippen molar-refractivity contribution in [2.75, 3.05) is 6.54 Å². The lowest BCUT2D eigenvalue weighted by Gasteiger charge is -2.45. The van der Waals surface area contributed by atoms with Gasteiger partial charge in [0.25, 0.3) is 0 Å². The number of amides is 1. The van der Waals surface area contributed by atoms with E-state index in [0.717, 1.165) is 42.9 Å². The number of hydrogen-bond acceptors (Lipinski definition) is 4. The molecule has 3 fully saturated rings. The van der Waals surface area contributed by atoms with Crippen molar-refractivity contribution in [3.8, 4) is 0 Å². The number of aromatic nitrogens is 1. The number of hydrogen-bond donors (Lipinski definition) is 1. The lowest BCUT2D eigenvalue weighted by atomic mass is 9.64. The molecule has 0 aromatic carbocycles. The number of nitrogens with two attached hydrogens (primary N) is 1. The molecular formula is C19H29N3OS. The topological polar surface area (TPSA) is 59.2 Å². The normalized spacial score (nSPS) is 36.6. The van der Waals surface area contributed by atoms with Crippen molar-refractivity contribution >= 4 is 17.2 Å². The summed E-state index contributed by atoms with van der Waals surface area (Å²) in [5.74, 6) is 1.71. The highest BCUT2D eigenvalue weighted by Crippen LogP contribution is 2.44. The predicted molar refractivity (Wildman–Crippen MR) is 96.7 cm³/mol. The molecule has 1 aromatic rings. The van der Waals surface area contributed by atoms with E-state index in [9.17, 15) is 4.79 Å². The van der Waals surface area contributed by atoms with E-state index in [1.54, 1.807) is 11.3 Å². The molecule has 2 heterocycles. The summed E-state index contributed by atoms with van der Waals surface area (Å²) in [7, 11) is 0. The second-order valence-corrected chi connectivity index (χ2v) is 8.96. The average Bonchev–Trinajstić information content (AvgIpc) is 3.00. The first-order chi connectivity index (χ1) is 11.6. The monoisotopic (exact) mass is 347 g/mol. The van der Waals surface area contributed by atoms with Crippen molar-refractivity contribution < 1.29 is 4.79 Å². The Bertz CT molecular complexity index is 587. The molecule has 132 valence electrons. The van der Waals surface area contributed by atoms with Crippen LogP contribution in [0.5, 0.6) is 0 Å². The second kappa shape index (κ2) is 6.75. The molecule has 2 bridgehead atoms. The molecular weight excluding hydrogens is 318 g/mol. The molecule has 1 saturated heterocycles. The van der Waals surface area contributed by atoms with Crippen LogP contribution in [0.15, 0.2) is 5.38 Å². The SMILES string of the molecule is Cc1csc(C2CCCCN2C(=O)C2CC3CCCC(C2)C3N)n1. The number of carbonyl (C=O) groups is 1. The maximum atomic E-state index is 13.3. The third-order valence-corrected chi connectivity index (χ3v) is 7.53. The Morgan fingerprint density at radius 3 is 2.62 bits per heavy atom. The number of fused-ring (bicyclic) bond motifs is 2. The summed E-state index contributed by atoms with van der Waals surface area (Å²) in [4.78, 5) is 20.2. The van der Waals surface area contributed by atoms with Gasteiger partial charge in [-0.15, -0.1) is 11.3 Å². The highest BCUT2D eigenvalue weighted by Gasteiger charge is 2.43. The summed E-state index contributed by atoms with van der Waals surface area (Å²) < 4.78 is 0. The van der Waals surface area contributed by atoms with E-state index in [-0.39, 0.29) is 12.0 Å². The molecule has 24 heavy (non-hydrogen) atoms. The minimum atomic E-state index is 0.196. The Morgan fingerprint density at radius 2 is 1.96 bits per heavy atom. The zero-order valence-corrected chi connectivity index (χ0v) is 15.4. The van der Waals surface area contributed by atoms with Gasteiger partial charge in [-0.1, -0.05) is 6.42 Å². The van der Waals surface area contributed by atoms with Gasteiger partial charge < -0.3 is 10.6 Å². The van der Waals surface area contributed by atoms with Gasteiger partial charge in [-0.2, -0.15) is 0 Å². The van der Waals surface area contributed by atoms with Crippen LogP contribution in [-0.4, -0.2) is 28.4 Å². The van der Waals surface area contributed by atoms with Gasteiger partial charge in [-0.3, -0.25) is 4.79 Å². The lowest BCUT2D eigenvalue weighted by molar-refractivity contribution is -0.142. The number of rotatable bonds is 2. The fraction of sp³-hybridized carbons (Fsp3) is 0.789. The van der Waals surface area contributed by atoms with E-state index in [1.165, 1.54) is 25.7 Å². The van der Waals surface area contributed by atoms with E-state index in [2.05, 4.69) is 15.3 Å². The van der Waals surface area contributed by atoms with Crippen LogP contribution in [0.1, 0.15) is 68.1 Å². The second-order valence-electron chi connectivity index (χ2n) is 8.07. The van der Waals surface area contributed by atoms with Gasteiger partial charge in [0.1, 0.15) is 5.01 Å². The predicted octanol–water partition coefficient (Wildman–Crippen LogP) is 3.66. The Labute approximate surface area is 148 Å². The van der Waals surface area contributed by atoms with E-state index in [0.29, 0.717) is 23.8 Å². The van der Waals surface area contributed by atoms with Gasteiger partial charge >= 0.3 is 0 Å². The minimum absolute atomic E-state index is 0.196. The molecule has 3 atom stereocenters. The highest BCUT2D eigenvalue weighted by atomic mass is 32.1. The Hall–Kier alpha value is -0.940. The summed E-state index contributed by atoms with van der Waals surface area (Å²) in [6, 6.07) is 0.543. The molecule has 1 amide bonds. The van der Waals surface area contributed by atoms with Crippen LogP contribution in [0, 0.1) is 24.7 Å². The van der Waals surface area contributed by atoms with Crippen LogP contribution in [0.4, 0.5) is 0 Å². The first-order valence-electron chi connectivity index (χ1n) is 9.61. The third-order valence-electron chi connectivity index (χ3n) is 6.47. The Kier molecular flexibility index (Phi) is 4.65. The molecule has 5 heteroatoms. The van der Waals surface area contributed by atoms with Crippen molar-refractivity contribution in [3.05, 3.63) is 16.1 Å². The van der Waals surface area contributed by atoms with Crippen molar-refractivity contribution in [1.82, 2.24) is 9.88 Å². The molecule has 4 rings (SSSR count).